The number of hydrogen-bond donors (Lipinski definition) is 2. The number of phenolic OH excluding ortho intramolecular Hbond substituents is 1. The topological polar surface area (TPSA) is 41.5 Å². The van der Waals surface area contributed by atoms with Gasteiger partial charge in [0.1, 0.15) is 11.6 Å². The number of benzene rings is 1. The minimum absolute atomic E-state index is 0.109. The predicted octanol–water partition coefficient (Wildman–Crippen LogP) is 2.05. The molecule has 0 aliphatic rings. The second-order valence-electron chi connectivity index (χ2n) is 3.71. The van der Waals surface area contributed by atoms with E-state index in [9.17, 15) is 9.50 Å². The molecule has 0 saturated heterocycles. The van der Waals surface area contributed by atoms with E-state index in [0.29, 0.717) is 25.3 Å². The van der Waals surface area contributed by atoms with E-state index >= 15 is 0 Å². The molecule has 0 radical (unpaired) electrons. The summed E-state index contributed by atoms with van der Waals surface area (Å²) in [6.45, 7) is 5.62. The Bertz CT molecular complexity index is 331. The molecule has 0 spiro atoms. The van der Waals surface area contributed by atoms with Crippen molar-refractivity contribution in [2.24, 2.45) is 0 Å². The summed E-state index contributed by atoms with van der Waals surface area (Å²) in [4.78, 5) is 0. The van der Waals surface area contributed by atoms with Gasteiger partial charge in [-0.25, -0.2) is 4.39 Å². The van der Waals surface area contributed by atoms with Gasteiger partial charge in [-0.2, -0.15) is 0 Å². The SMILES string of the molecule is CCOCC(C)NCc1cc(F)ccc1O. The maximum atomic E-state index is 12.9. The summed E-state index contributed by atoms with van der Waals surface area (Å²) < 4.78 is 18.1. The van der Waals surface area contributed by atoms with Crippen molar-refractivity contribution in [3.8, 4) is 5.75 Å². The van der Waals surface area contributed by atoms with Gasteiger partial charge in [-0.05, 0) is 32.0 Å². The Hall–Kier alpha value is -1.13. The molecule has 0 aromatic heterocycles. The lowest BCUT2D eigenvalue weighted by Gasteiger charge is -2.14. The van der Waals surface area contributed by atoms with E-state index in [4.69, 9.17) is 4.74 Å². The molecule has 0 bridgehead atoms. The Morgan fingerprint density at radius 3 is 2.94 bits per heavy atom. The molecule has 0 saturated carbocycles. The quantitative estimate of drug-likeness (QED) is 0.781. The highest BCUT2D eigenvalue weighted by Gasteiger charge is 2.05. The van der Waals surface area contributed by atoms with Crippen molar-refractivity contribution in [3.63, 3.8) is 0 Å². The molecule has 16 heavy (non-hydrogen) atoms. The summed E-state index contributed by atoms with van der Waals surface area (Å²) in [6.07, 6.45) is 0. The van der Waals surface area contributed by atoms with Gasteiger partial charge >= 0.3 is 0 Å². The molecule has 1 rings (SSSR count). The summed E-state index contributed by atoms with van der Waals surface area (Å²) >= 11 is 0. The van der Waals surface area contributed by atoms with Gasteiger partial charge in [-0.1, -0.05) is 0 Å². The van der Waals surface area contributed by atoms with Crippen LogP contribution >= 0.6 is 0 Å². The van der Waals surface area contributed by atoms with Crippen molar-refractivity contribution in [3.05, 3.63) is 29.6 Å². The van der Waals surface area contributed by atoms with E-state index in [1.54, 1.807) is 0 Å². The Kier molecular flexibility index (Phi) is 5.22. The van der Waals surface area contributed by atoms with Crippen LogP contribution in [0, 0.1) is 5.82 Å². The van der Waals surface area contributed by atoms with E-state index in [1.165, 1.54) is 18.2 Å². The van der Waals surface area contributed by atoms with Gasteiger partial charge in [0.2, 0.25) is 0 Å². The average molecular weight is 227 g/mol. The zero-order chi connectivity index (χ0) is 12.0. The van der Waals surface area contributed by atoms with Crippen LogP contribution in [-0.4, -0.2) is 24.4 Å². The molecule has 90 valence electrons. The zero-order valence-corrected chi connectivity index (χ0v) is 9.66. The van der Waals surface area contributed by atoms with Crippen molar-refractivity contribution < 1.29 is 14.2 Å². The van der Waals surface area contributed by atoms with Gasteiger partial charge in [0, 0.05) is 24.8 Å². The number of halogens is 1. The third-order valence-corrected chi connectivity index (χ3v) is 2.25. The zero-order valence-electron chi connectivity index (χ0n) is 9.66. The molecular formula is C12H18FNO2. The van der Waals surface area contributed by atoms with E-state index in [0.717, 1.165) is 0 Å². The highest BCUT2D eigenvalue weighted by atomic mass is 19.1. The normalized spacial score (nSPS) is 12.7. The largest absolute Gasteiger partial charge is 0.508 e. The van der Waals surface area contributed by atoms with E-state index in [1.807, 2.05) is 13.8 Å². The first kappa shape index (κ1) is 12.9. The van der Waals surface area contributed by atoms with Crippen molar-refractivity contribution in [2.75, 3.05) is 13.2 Å². The average Bonchev–Trinajstić information content (AvgIpc) is 2.27. The van der Waals surface area contributed by atoms with Gasteiger partial charge in [-0.3, -0.25) is 0 Å². The number of ether oxygens (including phenoxy) is 1. The molecule has 4 heteroatoms. The number of phenols is 1. The molecule has 0 amide bonds. The number of aromatic hydroxyl groups is 1. The lowest BCUT2D eigenvalue weighted by atomic mass is 10.2. The minimum Gasteiger partial charge on any atom is -0.508 e. The van der Waals surface area contributed by atoms with Crippen LogP contribution < -0.4 is 5.32 Å². The summed E-state index contributed by atoms with van der Waals surface area (Å²) in [5, 5.41) is 12.6. The first-order chi connectivity index (χ1) is 7.63. The highest BCUT2D eigenvalue weighted by Crippen LogP contribution is 2.17. The maximum Gasteiger partial charge on any atom is 0.123 e. The summed E-state index contributed by atoms with van der Waals surface area (Å²) in [6, 6.07) is 4.10. The van der Waals surface area contributed by atoms with Crippen molar-refractivity contribution in [2.45, 2.75) is 26.4 Å². The van der Waals surface area contributed by atoms with Crippen LogP contribution in [0.2, 0.25) is 0 Å². The lowest BCUT2D eigenvalue weighted by Crippen LogP contribution is -2.30. The van der Waals surface area contributed by atoms with Crippen LogP contribution in [0.25, 0.3) is 0 Å². The number of rotatable bonds is 6. The molecule has 3 nitrogen and oxygen atoms in total. The molecule has 0 heterocycles. The van der Waals surface area contributed by atoms with Crippen LogP contribution in [-0.2, 0) is 11.3 Å². The Balaban J connectivity index is 2.44. The molecule has 1 aromatic rings. The van der Waals surface area contributed by atoms with E-state index in [-0.39, 0.29) is 17.6 Å². The summed E-state index contributed by atoms with van der Waals surface area (Å²) in [5.74, 6) is -0.232. The van der Waals surface area contributed by atoms with Crippen LogP contribution in [0.4, 0.5) is 4.39 Å². The summed E-state index contributed by atoms with van der Waals surface area (Å²) in [7, 11) is 0. The van der Waals surface area contributed by atoms with E-state index in [2.05, 4.69) is 5.32 Å². The Morgan fingerprint density at radius 1 is 1.50 bits per heavy atom. The van der Waals surface area contributed by atoms with Crippen LogP contribution in [0.3, 0.4) is 0 Å². The number of nitrogens with one attached hydrogen (secondary N) is 1. The van der Waals surface area contributed by atoms with Crippen LogP contribution in [0.1, 0.15) is 19.4 Å². The van der Waals surface area contributed by atoms with Crippen molar-refractivity contribution >= 4 is 0 Å². The lowest BCUT2D eigenvalue weighted by molar-refractivity contribution is 0.127. The van der Waals surface area contributed by atoms with Gasteiger partial charge in [-0.15, -0.1) is 0 Å². The fraction of sp³-hybridized carbons (Fsp3) is 0.500. The Labute approximate surface area is 95.2 Å². The third kappa shape index (κ3) is 4.16. The standard InChI is InChI=1S/C12H18FNO2/c1-3-16-8-9(2)14-7-10-6-11(13)4-5-12(10)15/h4-6,9,14-15H,3,7-8H2,1-2H3. The maximum absolute atomic E-state index is 12.9. The molecule has 1 atom stereocenters. The first-order valence-electron chi connectivity index (χ1n) is 5.42. The first-order valence-corrected chi connectivity index (χ1v) is 5.42. The highest BCUT2D eigenvalue weighted by molar-refractivity contribution is 5.32. The third-order valence-electron chi connectivity index (χ3n) is 2.25. The summed E-state index contributed by atoms with van der Waals surface area (Å²) in [5.41, 5.74) is 0.559. The predicted molar refractivity (Wildman–Crippen MR) is 60.9 cm³/mol. The van der Waals surface area contributed by atoms with Gasteiger partial charge in [0.15, 0.2) is 0 Å². The fourth-order valence-corrected chi connectivity index (χ4v) is 1.33. The molecule has 1 aromatic carbocycles. The number of hydrogen-bond acceptors (Lipinski definition) is 3. The van der Waals surface area contributed by atoms with Gasteiger partial charge < -0.3 is 15.2 Å². The monoisotopic (exact) mass is 227 g/mol. The smallest absolute Gasteiger partial charge is 0.123 e. The van der Waals surface area contributed by atoms with Crippen LogP contribution in [0.15, 0.2) is 18.2 Å². The molecule has 0 fully saturated rings. The van der Waals surface area contributed by atoms with E-state index < -0.39 is 0 Å². The molecule has 0 aliphatic carbocycles. The van der Waals surface area contributed by atoms with Crippen molar-refractivity contribution in [1.82, 2.24) is 5.32 Å². The molecule has 1 unspecified atom stereocenters. The second kappa shape index (κ2) is 6.45. The molecular weight excluding hydrogens is 209 g/mol. The Morgan fingerprint density at radius 2 is 2.25 bits per heavy atom. The van der Waals surface area contributed by atoms with Crippen LogP contribution in [0.5, 0.6) is 5.75 Å². The van der Waals surface area contributed by atoms with Gasteiger partial charge in [0.05, 0.1) is 6.61 Å². The molecule has 0 aliphatic heterocycles. The molecule has 2 N–H and O–H groups in total. The van der Waals surface area contributed by atoms with Gasteiger partial charge in [0.25, 0.3) is 0 Å². The van der Waals surface area contributed by atoms with Crippen molar-refractivity contribution in [1.29, 1.82) is 0 Å². The minimum atomic E-state index is -0.341. The fourth-order valence-electron chi connectivity index (χ4n) is 1.33. The second-order valence-corrected chi connectivity index (χ2v) is 3.71.